The van der Waals surface area contributed by atoms with E-state index in [0.29, 0.717) is 11.3 Å². The van der Waals surface area contributed by atoms with E-state index in [-0.39, 0.29) is 11.9 Å². The first-order valence-corrected chi connectivity index (χ1v) is 8.95. The molecule has 23 heavy (non-hydrogen) atoms. The van der Waals surface area contributed by atoms with Crippen LogP contribution < -0.4 is 5.32 Å². The molecule has 0 saturated heterocycles. The Morgan fingerprint density at radius 2 is 2.04 bits per heavy atom. The van der Waals surface area contributed by atoms with Gasteiger partial charge in [0.2, 0.25) is 0 Å². The number of aromatic amines is 1. The van der Waals surface area contributed by atoms with Gasteiger partial charge in [0.1, 0.15) is 0 Å². The molecule has 0 unspecified atom stereocenters. The maximum atomic E-state index is 12.5. The molecule has 6 heteroatoms. The quantitative estimate of drug-likeness (QED) is 0.756. The van der Waals surface area contributed by atoms with Gasteiger partial charge in [-0.3, -0.25) is 9.00 Å². The summed E-state index contributed by atoms with van der Waals surface area (Å²) in [5.74, 6) is 0.183. The summed E-state index contributed by atoms with van der Waals surface area (Å²) in [4.78, 5) is 19.7. The van der Waals surface area contributed by atoms with Gasteiger partial charge in [0, 0.05) is 28.4 Å². The van der Waals surface area contributed by atoms with E-state index >= 15 is 0 Å². The number of hydrogen-bond acceptors (Lipinski definition) is 3. The van der Waals surface area contributed by atoms with Gasteiger partial charge in [0.25, 0.3) is 5.91 Å². The smallest absolute Gasteiger partial charge is 0.251 e. The van der Waals surface area contributed by atoms with E-state index in [1.165, 1.54) is 0 Å². The molecule has 3 aromatic rings. The molecule has 1 amide bonds. The van der Waals surface area contributed by atoms with Gasteiger partial charge in [0.05, 0.1) is 23.4 Å². The van der Waals surface area contributed by atoms with Crippen LogP contribution in [0.5, 0.6) is 0 Å². The fourth-order valence-corrected chi connectivity index (χ4v) is 3.20. The third-order valence-electron chi connectivity index (χ3n) is 3.59. The molecule has 0 aliphatic heterocycles. The van der Waals surface area contributed by atoms with Crippen LogP contribution in [0.1, 0.15) is 22.0 Å². The molecule has 2 N–H and O–H groups in total. The monoisotopic (exact) mass is 327 g/mol. The number of hydrogen-bond donors (Lipinski definition) is 2. The first-order chi connectivity index (χ1) is 11.1. The molecule has 2 aromatic carbocycles. The minimum absolute atomic E-state index is 0.194. The van der Waals surface area contributed by atoms with Gasteiger partial charge in [-0.15, -0.1) is 0 Å². The van der Waals surface area contributed by atoms with Crippen LogP contribution >= 0.6 is 0 Å². The Balaban J connectivity index is 1.83. The second kappa shape index (κ2) is 6.75. The summed E-state index contributed by atoms with van der Waals surface area (Å²) in [5.41, 5.74) is 3.12. The van der Waals surface area contributed by atoms with Crippen molar-refractivity contribution in [3.05, 3.63) is 66.0 Å². The van der Waals surface area contributed by atoms with Crippen molar-refractivity contribution in [1.29, 1.82) is 0 Å². The van der Waals surface area contributed by atoms with Crippen molar-refractivity contribution in [3.63, 3.8) is 0 Å². The van der Waals surface area contributed by atoms with E-state index in [0.717, 1.165) is 16.6 Å². The maximum Gasteiger partial charge on any atom is 0.251 e. The molecule has 1 aromatic heterocycles. The molecule has 0 radical (unpaired) electrons. The lowest BCUT2D eigenvalue weighted by molar-refractivity contribution is 0.0940. The minimum atomic E-state index is -1.02. The number of nitrogens with zero attached hydrogens (tertiary/aromatic N) is 1. The molecule has 1 heterocycles. The van der Waals surface area contributed by atoms with Gasteiger partial charge in [-0.25, -0.2) is 4.98 Å². The Bertz CT molecular complexity index is 845. The van der Waals surface area contributed by atoms with Crippen molar-refractivity contribution in [2.75, 3.05) is 12.0 Å². The number of H-pyrrole nitrogens is 1. The SMILES string of the molecule is C[S@](=O)C[C@H](NC(=O)c1ccc2nc[nH]c2c1)c1ccccc1. The van der Waals surface area contributed by atoms with E-state index in [2.05, 4.69) is 15.3 Å². The van der Waals surface area contributed by atoms with Crippen molar-refractivity contribution in [2.24, 2.45) is 0 Å². The molecule has 118 valence electrons. The second-order valence-electron chi connectivity index (χ2n) is 5.31. The predicted molar refractivity (Wildman–Crippen MR) is 91.7 cm³/mol. The third kappa shape index (κ3) is 3.65. The third-order valence-corrected chi connectivity index (χ3v) is 4.39. The zero-order chi connectivity index (χ0) is 16.2. The first kappa shape index (κ1) is 15.4. The Morgan fingerprint density at radius 1 is 1.26 bits per heavy atom. The Hall–Kier alpha value is -2.47. The molecular formula is C17H17N3O2S. The largest absolute Gasteiger partial charge is 0.345 e. The van der Waals surface area contributed by atoms with Crippen LogP contribution in [0.2, 0.25) is 0 Å². The molecule has 0 bridgehead atoms. The van der Waals surface area contributed by atoms with Crippen LogP contribution in [-0.2, 0) is 10.8 Å². The van der Waals surface area contributed by atoms with Crippen LogP contribution in [0, 0.1) is 0 Å². The lowest BCUT2D eigenvalue weighted by atomic mass is 10.1. The number of amides is 1. The fourth-order valence-electron chi connectivity index (χ4n) is 2.46. The zero-order valence-electron chi connectivity index (χ0n) is 12.7. The topological polar surface area (TPSA) is 74.8 Å². The Morgan fingerprint density at radius 3 is 2.78 bits per heavy atom. The highest BCUT2D eigenvalue weighted by atomic mass is 32.2. The highest BCUT2D eigenvalue weighted by Crippen LogP contribution is 2.16. The second-order valence-corrected chi connectivity index (χ2v) is 6.79. The minimum Gasteiger partial charge on any atom is -0.345 e. The maximum absolute atomic E-state index is 12.5. The number of rotatable bonds is 5. The summed E-state index contributed by atoms with van der Waals surface area (Å²) in [6, 6.07) is 14.6. The number of nitrogens with one attached hydrogen (secondary N) is 2. The predicted octanol–water partition coefficient (Wildman–Crippen LogP) is 2.41. The summed E-state index contributed by atoms with van der Waals surface area (Å²) in [6.45, 7) is 0. The van der Waals surface area contributed by atoms with Crippen LogP contribution in [0.4, 0.5) is 0 Å². The van der Waals surface area contributed by atoms with Crippen LogP contribution in [0.25, 0.3) is 11.0 Å². The summed E-state index contributed by atoms with van der Waals surface area (Å²) in [7, 11) is -1.02. The van der Waals surface area contributed by atoms with Crippen molar-refractivity contribution in [1.82, 2.24) is 15.3 Å². The van der Waals surface area contributed by atoms with Crippen molar-refractivity contribution >= 4 is 27.7 Å². The molecule has 0 aliphatic rings. The molecule has 0 spiro atoms. The highest BCUT2D eigenvalue weighted by Gasteiger charge is 2.17. The highest BCUT2D eigenvalue weighted by molar-refractivity contribution is 7.84. The lowest BCUT2D eigenvalue weighted by Gasteiger charge is -2.18. The zero-order valence-corrected chi connectivity index (χ0v) is 13.5. The number of carbonyl (C=O) groups excluding carboxylic acids is 1. The van der Waals surface area contributed by atoms with Gasteiger partial charge >= 0.3 is 0 Å². The van der Waals surface area contributed by atoms with E-state index < -0.39 is 10.8 Å². The van der Waals surface area contributed by atoms with Crippen LogP contribution in [-0.4, -0.2) is 32.1 Å². The van der Waals surface area contributed by atoms with Gasteiger partial charge in [-0.05, 0) is 23.8 Å². The van der Waals surface area contributed by atoms with E-state index in [1.54, 1.807) is 30.8 Å². The van der Waals surface area contributed by atoms with E-state index in [1.807, 2.05) is 30.3 Å². The fraction of sp³-hybridized carbons (Fsp3) is 0.176. The van der Waals surface area contributed by atoms with E-state index in [9.17, 15) is 9.00 Å². The van der Waals surface area contributed by atoms with Crippen molar-refractivity contribution in [3.8, 4) is 0 Å². The molecule has 2 atom stereocenters. The van der Waals surface area contributed by atoms with Gasteiger partial charge in [-0.1, -0.05) is 30.3 Å². The summed E-state index contributed by atoms with van der Waals surface area (Å²) >= 11 is 0. The molecule has 3 rings (SSSR count). The molecule has 0 fully saturated rings. The molecular weight excluding hydrogens is 310 g/mol. The van der Waals surface area contributed by atoms with Crippen LogP contribution in [0.3, 0.4) is 0 Å². The number of benzene rings is 2. The van der Waals surface area contributed by atoms with Crippen LogP contribution in [0.15, 0.2) is 54.9 Å². The standard InChI is InChI=1S/C17H17N3O2S/c1-23(22)10-16(12-5-3-2-4-6-12)20-17(21)13-7-8-14-15(9-13)19-11-18-14/h2-9,11,16H,10H2,1H3,(H,18,19)(H,20,21)/t16-,23-/m0/s1. The molecule has 0 aliphatic carbocycles. The lowest BCUT2D eigenvalue weighted by Crippen LogP contribution is -2.31. The summed E-state index contributed by atoms with van der Waals surface area (Å²) in [6.07, 6.45) is 3.23. The summed E-state index contributed by atoms with van der Waals surface area (Å²) in [5, 5.41) is 2.97. The van der Waals surface area contributed by atoms with E-state index in [4.69, 9.17) is 0 Å². The van der Waals surface area contributed by atoms with Gasteiger partial charge in [0.15, 0.2) is 0 Å². The normalized spacial score (nSPS) is 13.6. The number of fused-ring (bicyclic) bond motifs is 1. The Kier molecular flexibility index (Phi) is 4.52. The molecule has 0 saturated carbocycles. The first-order valence-electron chi connectivity index (χ1n) is 7.22. The molecule has 5 nitrogen and oxygen atoms in total. The Labute approximate surface area is 136 Å². The number of carbonyl (C=O) groups is 1. The van der Waals surface area contributed by atoms with Gasteiger partial charge < -0.3 is 10.3 Å². The average molecular weight is 327 g/mol. The van der Waals surface area contributed by atoms with Crippen molar-refractivity contribution < 1.29 is 9.00 Å². The van der Waals surface area contributed by atoms with Gasteiger partial charge in [-0.2, -0.15) is 0 Å². The summed E-state index contributed by atoms with van der Waals surface area (Å²) < 4.78 is 11.6. The number of aromatic nitrogens is 2. The average Bonchev–Trinajstić information content (AvgIpc) is 3.02. The van der Waals surface area contributed by atoms with Crippen molar-refractivity contribution in [2.45, 2.75) is 6.04 Å². The number of imidazole rings is 1.